The van der Waals surface area contributed by atoms with Crippen LogP contribution in [0.25, 0.3) is 0 Å². The smallest absolute Gasteiger partial charge is 0.252 e. The number of nitrogens with one attached hydrogen (secondary N) is 1. The fourth-order valence-electron chi connectivity index (χ4n) is 1.34. The number of benzene rings is 1. The molecule has 0 bridgehead atoms. The summed E-state index contributed by atoms with van der Waals surface area (Å²) >= 11 is 3.13. The molecule has 0 heterocycles. The van der Waals surface area contributed by atoms with Gasteiger partial charge >= 0.3 is 0 Å². The zero-order chi connectivity index (χ0) is 14.3. The van der Waals surface area contributed by atoms with Gasteiger partial charge in [0.15, 0.2) is 0 Å². The maximum absolute atomic E-state index is 13.1. The van der Waals surface area contributed by atoms with Crippen LogP contribution in [0, 0.1) is 5.82 Å². The van der Waals surface area contributed by atoms with Crippen molar-refractivity contribution in [2.75, 3.05) is 25.5 Å². The quantitative estimate of drug-likeness (QED) is 0.458. The van der Waals surface area contributed by atoms with E-state index in [1.165, 1.54) is 12.1 Å². The topological polar surface area (TPSA) is 64.3 Å². The predicted molar refractivity (Wildman–Crippen MR) is 76.5 cm³/mol. The summed E-state index contributed by atoms with van der Waals surface area (Å²) in [5.74, 6) is -0.887. The molecule has 0 fully saturated rings. The van der Waals surface area contributed by atoms with Gasteiger partial charge in [-0.1, -0.05) is 6.08 Å². The number of halogens is 2. The summed E-state index contributed by atoms with van der Waals surface area (Å²) < 4.78 is 18.7. The molecule has 0 atom stereocenters. The van der Waals surface area contributed by atoms with Crippen molar-refractivity contribution < 1.29 is 13.9 Å². The average Bonchev–Trinajstić information content (AvgIpc) is 2.37. The van der Waals surface area contributed by atoms with Crippen LogP contribution in [0.3, 0.4) is 0 Å². The first-order chi connectivity index (χ1) is 9.06. The monoisotopic (exact) mass is 330 g/mol. The van der Waals surface area contributed by atoms with Crippen molar-refractivity contribution in [1.82, 2.24) is 5.32 Å². The number of ether oxygens (including phenoxy) is 1. The summed E-state index contributed by atoms with van der Waals surface area (Å²) in [5.41, 5.74) is 5.66. The molecule has 4 nitrogen and oxygen atoms in total. The third-order valence-corrected chi connectivity index (χ3v) is 2.99. The number of nitrogen functional groups attached to an aromatic ring is 1. The van der Waals surface area contributed by atoms with Crippen LogP contribution in [-0.2, 0) is 4.74 Å². The van der Waals surface area contributed by atoms with Gasteiger partial charge in [-0.3, -0.25) is 4.79 Å². The molecule has 0 aliphatic carbocycles. The Morgan fingerprint density at radius 3 is 2.95 bits per heavy atom. The predicted octanol–water partition coefficient (Wildman–Crippen LogP) is 2.49. The molecular formula is C13H16BrFN2O2. The third-order valence-electron chi connectivity index (χ3n) is 2.33. The van der Waals surface area contributed by atoms with Gasteiger partial charge in [0.05, 0.1) is 24.5 Å². The number of carbonyl (C=O) groups is 1. The SMILES string of the molecule is C=CCCOCCNC(=O)c1cc(N)c(F)cc1Br. The molecule has 0 spiro atoms. The first kappa shape index (κ1) is 15.7. The zero-order valence-electron chi connectivity index (χ0n) is 10.4. The number of rotatable bonds is 7. The van der Waals surface area contributed by atoms with Crippen LogP contribution in [0.2, 0.25) is 0 Å². The molecule has 0 aliphatic rings. The maximum atomic E-state index is 13.1. The van der Waals surface area contributed by atoms with Crippen LogP contribution < -0.4 is 11.1 Å². The zero-order valence-corrected chi connectivity index (χ0v) is 12.0. The Hall–Kier alpha value is -1.40. The van der Waals surface area contributed by atoms with Gasteiger partial charge in [0.2, 0.25) is 0 Å². The first-order valence-corrected chi connectivity index (χ1v) is 6.57. The van der Waals surface area contributed by atoms with Gasteiger partial charge in [-0.15, -0.1) is 6.58 Å². The molecular weight excluding hydrogens is 315 g/mol. The fourth-order valence-corrected chi connectivity index (χ4v) is 1.84. The summed E-state index contributed by atoms with van der Waals surface area (Å²) in [6, 6.07) is 2.47. The summed E-state index contributed by atoms with van der Waals surface area (Å²) in [4.78, 5) is 11.8. The number of hydrogen-bond donors (Lipinski definition) is 2. The van der Waals surface area contributed by atoms with E-state index in [4.69, 9.17) is 10.5 Å². The number of anilines is 1. The van der Waals surface area contributed by atoms with E-state index >= 15 is 0 Å². The Morgan fingerprint density at radius 1 is 1.53 bits per heavy atom. The Bertz CT molecular complexity index is 466. The van der Waals surface area contributed by atoms with Crippen molar-refractivity contribution in [3.63, 3.8) is 0 Å². The summed E-state index contributed by atoms with van der Waals surface area (Å²) in [5, 5.41) is 2.67. The van der Waals surface area contributed by atoms with E-state index in [1.54, 1.807) is 6.08 Å². The fraction of sp³-hybridized carbons (Fsp3) is 0.308. The van der Waals surface area contributed by atoms with Crippen LogP contribution in [0.4, 0.5) is 10.1 Å². The molecule has 0 aromatic heterocycles. The number of amides is 1. The second-order valence-corrected chi connectivity index (χ2v) is 4.65. The minimum atomic E-state index is -0.559. The standard InChI is InChI=1S/C13H16BrFN2O2/c1-2-3-5-19-6-4-17-13(18)9-7-12(16)11(15)8-10(9)14/h2,7-8H,1,3-6,16H2,(H,17,18). The van der Waals surface area contributed by atoms with Crippen molar-refractivity contribution >= 4 is 27.5 Å². The highest BCUT2D eigenvalue weighted by Gasteiger charge is 2.12. The third kappa shape index (κ3) is 5.00. The normalized spacial score (nSPS) is 10.2. The van der Waals surface area contributed by atoms with Gasteiger partial charge in [0.25, 0.3) is 5.91 Å². The summed E-state index contributed by atoms with van der Waals surface area (Å²) in [6.45, 7) is 4.94. The molecule has 3 N–H and O–H groups in total. The number of hydrogen-bond acceptors (Lipinski definition) is 3. The molecule has 1 rings (SSSR count). The number of nitrogens with two attached hydrogens (primary N) is 1. The molecule has 1 aromatic rings. The van der Waals surface area contributed by atoms with Crippen molar-refractivity contribution in [2.45, 2.75) is 6.42 Å². The second-order valence-electron chi connectivity index (χ2n) is 3.80. The summed E-state index contributed by atoms with van der Waals surface area (Å²) in [6.07, 6.45) is 2.53. The maximum Gasteiger partial charge on any atom is 0.252 e. The van der Waals surface area contributed by atoms with E-state index in [9.17, 15) is 9.18 Å². The number of carbonyl (C=O) groups excluding carboxylic acids is 1. The van der Waals surface area contributed by atoms with Crippen LogP contribution in [0.5, 0.6) is 0 Å². The van der Waals surface area contributed by atoms with Crippen LogP contribution in [0.1, 0.15) is 16.8 Å². The van der Waals surface area contributed by atoms with E-state index < -0.39 is 5.82 Å². The van der Waals surface area contributed by atoms with Gasteiger partial charge in [-0.05, 0) is 34.5 Å². The van der Waals surface area contributed by atoms with Crippen LogP contribution >= 0.6 is 15.9 Å². The van der Waals surface area contributed by atoms with Crippen molar-refractivity contribution in [2.24, 2.45) is 0 Å². The molecule has 0 radical (unpaired) electrons. The second kappa shape index (κ2) is 7.91. The first-order valence-electron chi connectivity index (χ1n) is 5.77. The van der Waals surface area contributed by atoms with Crippen LogP contribution in [0.15, 0.2) is 29.3 Å². The Morgan fingerprint density at radius 2 is 2.26 bits per heavy atom. The molecule has 6 heteroatoms. The lowest BCUT2D eigenvalue weighted by Crippen LogP contribution is -2.27. The van der Waals surface area contributed by atoms with Gasteiger partial charge in [0, 0.05) is 11.0 Å². The molecule has 104 valence electrons. The highest BCUT2D eigenvalue weighted by atomic mass is 79.9. The van der Waals surface area contributed by atoms with E-state index in [0.717, 1.165) is 6.42 Å². The van der Waals surface area contributed by atoms with Gasteiger partial charge in [-0.25, -0.2) is 4.39 Å². The Labute approximate surface area is 119 Å². The van der Waals surface area contributed by atoms with E-state index in [-0.39, 0.29) is 11.6 Å². The lowest BCUT2D eigenvalue weighted by Gasteiger charge is -2.08. The lowest BCUT2D eigenvalue weighted by atomic mass is 10.2. The summed E-state index contributed by atoms with van der Waals surface area (Å²) in [7, 11) is 0. The molecule has 1 aromatic carbocycles. The molecule has 0 aliphatic heterocycles. The minimum absolute atomic E-state index is 0.0596. The molecule has 1 amide bonds. The van der Waals surface area contributed by atoms with E-state index in [1.807, 2.05) is 0 Å². The molecule has 0 unspecified atom stereocenters. The highest BCUT2D eigenvalue weighted by molar-refractivity contribution is 9.10. The Kier molecular flexibility index (Phi) is 6.52. The van der Waals surface area contributed by atoms with Crippen molar-refractivity contribution in [3.05, 3.63) is 40.6 Å². The van der Waals surface area contributed by atoms with E-state index in [0.29, 0.717) is 29.8 Å². The van der Waals surface area contributed by atoms with Gasteiger partial charge in [0.1, 0.15) is 5.82 Å². The molecule has 0 saturated heterocycles. The Balaban J connectivity index is 2.45. The van der Waals surface area contributed by atoms with E-state index in [2.05, 4.69) is 27.8 Å². The van der Waals surface area contributed by atoms with Gasteiger partial charge in [-0.2, -0.15) is 0 Å². The lowest BCUT2D eigenvalue weighted by molar-refractivity contribution is 0.0917. The van der Waals surface area contributed by atoms with Crippen molar-refractivity contribution in [1.29, 1.82) is 0 Å². The van der Waals surface area contributed by atoms with Gasteiger partial charge < -0.3 is 15.8 Å². The highest BCUT2D eigenvalue weighted by Crippen LogP contribution is 2.22. The molecule has 0 saturated carbocycles. The average molecular weight is 331 g/mol. The molecule has 19 heavy (non-hydrogen) atoms. The van der Waals surface area contributed by atoms with Crippen LogP contribution in [-0.4, -0.2) is 25.7 Å². The largest absolute Gasteiger partial charge is 0.396 e. The minimum Gasteiger partial charge on any atom is -0.396 e. The van der Waals surface area contributed by atoms with Crippen molar-refractivity contribution in [3.8, 4) is 0 Å².